The van der Waals surface area contributed by atoms with E-state index < -0.39 is 0 Å². The average molecular weight is 367 g/mol. The molecule has 0 aliphatic carbocycles. The van der Waals surface area contributed by atoms with Gasteiger partial charge in [-0.3, -0.25) is 4.79 Å². The molecule has 0 spiro atoms. The van der Waals surface area contributed by atoms with Crippen LogP contribution in [0.4, 0.5) is 17.3 Å². The third kappa shape index (κ3) is 4.19. The molecule has 0 unspecified atom stereocenters. The van der Waals surface area contributed by atoms with Gasteiger partial charge in [-0.25, -0.2) is 9.97 Å². The number of hydrogen-bond acceptors (Lipinski definition) is 6. The Balaban J connectivity index is 1.46. The van der Waals surface area contributed by atoms with Crippen molar-refractivity contribution in [2.24, 2.45) is 0 Å². The Kier molecular flexibility index (Phi) is 5.48. The number of benzene rings is 1. The zero-order valence-corrected chi connectivity index (χ0v) is 15.4. The zero-order chi connectivity index (χ0) is 18.5. The highest BCUT2D eigenvalue weighted by Crippen LogP contribution is 2.28. The second-order valence-electron chi connectivity index (χ2n) is 6.89. The molecule has 4 rings (SSSR count). The third-order valence-electron chi connectivity index (χ3n) is 5.04. The lowest BCUT2D eigenvalue weighted by Gasteiger charge is -2.30. The lowest BCUT2D eigenvalue weighted by molar-refractivity contribution is 0.0723. The van der Waals surface area contributed by atoms with Crippen LogP contribution < -0.4 is 10.2 Å². The first kappa shape index (κ1) is 17.7. The Bertz CT molecular complexity index is 768. The van der Waals surface area contributed by atoms with Gasteiger partial charge in [0.25, 0.3) is 5.91 Å². The molecule has 27 heavy (non-hydrogen) atoms. The second-order valence-corrected chi connectivity index (χ2v) is 6.89. The van der Waals surface area contributed by atoms with E-state index in [0.717, 1.165) is 63.6 Å². The molecule has 1 amide bonds. The van der Waals surface area contributed by atoms with Crippen molar-refractivity contribution >= 4 is 23.2 Å². The van der Waals surface area contributed by atoms with Crippen molar-refractivity contribution in [3.8, 4) is 0 Å². The number of likely N-dealkylation sites (tertiary alicyclic amines) is 1. The highest BCUT2D eigenvalue weighted by Gasteiger charge is 2.19. The van der Waals surface area contributed by atoms with Gasteiger partial charge in [0.2, 0.25) is 5.95 Å². The van der Waals surface area contributed by atoms with E-state index in [9.17, 15) is 4.79 Å². The van der Waals surface area contributed by atoms with Gasteiger partial charge in [0.1, 0.15) is 0 Å². The van der Waals surface area contributed by atoms with Gasteiger partial charge in [-0.1, -0.05) is 12.1 Å². The molecule has 2 fully saturated rings. The smallest absolute Gasteiger partial charge is 0.256 e. The van der Waals surface area contributed by atoms with Crippen molar-refractivity contribution in [3.05, 3.63) is 42.2 Å². The minimum Gasteiger partial charge on any atom is -0.378 e. The van der Waals surface area contributed by atoms with Crippen molar-refractivity contribution in [2.45, 2.75) is 19.3 Å². The quantitative estimate of drug-likeness (QED) is 0.896. The van der Waals surface area contributed by atoms with E-state index in [4.69, 9.17) is 4.74 Å². The van der Waals surface area contributed by atoms with E-state index in [-0.39, 0.29) is 5.91 Å². The predicted molar refractivity (Wildman–Crippen MR) is 105 cm³/mol. The minimum atomic E-state index is 0.0231. The summed E-state index contributed by atoms with van der Waals surface area (Å²) >= 11 is 0. The van der Waals surface area contributed by atoms with Crippen LogP contribution in [0.2, 0.25) is 0 Å². The van der Waals surface area contributed by atoms with Gasteiger partial charge in [-0.05, 0) is 31.4 Å². The lowest BCUT2D eigenvalue weighted by Crippen LogP contribution is -2.36. The first-order valence-corrected chi connectivity index (χ1v) is 9.61. The van der Waals surface area contributed by atoms with Gasteiger partial charge in [0.05, 0.1) is 30.2 Å². The molecule has 142 valence electrons. The van der Waals surface area contributed by atoms with Gasteiger partial charge >= 0.3 is 0 Å². The summed E-state index contributed by atoms with van der Waals surface area (Å²) in [7, 11) is 0. The van der Waals surface area contributed by atoms with Crippen LogP contribution in [0.3, 0.4) is 0 Å². The lowest BCUT2D eigenvalue weighted by atomic mass is 10.1. The Morgan fingerprint density at radius 1 is 0.963 bits per heavy atom. The van der Waals surface area contributed by atoms with Crippen LogP contribution in [0, 0.1) is 0 Å². The van der Waals surface area contributed by atoms with Gasteiger partial charge < -0.3 is 19.9 Å². The molecule has 2 aliphatic rings. The number of para-hydroxylation sites is 2. The number of amides is 1. The molecule has 2 saturated heterocycles. The van der Waals surface area contributed by atoms with E-state index >= 15 is 0 Å². The molecule has 1 aromatic carbocycles. The fourth-order valence-corrected chi connectivity index (χ4v) is 3.56. The van der Waals surface area contributed by atoms with E-state index in [1.54, 1.807) is 12.4 Å². The largest absolute Gasteiger partial charge is 0.378 e. The highest BCUT2D eigenvalue weighted by atomic mass is 16.5. The molecule has 0 bridgehead atoms. The van der Waals surface area contributed by atoms with E-state index in [1.807, 2.05) is 23.1 Å². The SMILES string of the molecule is O=C(c1cnc(Nc2ccccc2N2CCOCC2)nc1)N1CCCCC1. The molecule has 0 atom stereocenters. The van der Waals surface area contributed by atoms with Crippen molar-refractivity contribution in [1.29, 1.82) is 0 Å². The van der Waals surface area contributed by atoms with Crippen molar-refractivity contribution in [1.82, 2.24) is 14.9 Å². The number of hydrogen-bond donors (Lipinski definition) is 1. The summed E-state index contributed by atoms with van der Waals surface area (Å²) in [6, 6.07) is 8.11. The van der Waals surface area contributed by atoms with Gasteiger partial charge in [-0.15, -0.1) is 0 Å². The first-order chi connectivity index (χ1) is 13.3. The highest BCUT2D eigenvalue weighted by molar-refractivity contribution is 5.93. The number of rotatable bonds is 4. The van der Waals surface area contributed by atoms with Gasteiger partial charge in [0.15, 0.2) is 0 Å². The average Bonchev–Trinajstić information content (AvgIpc) is 2.75. The number of aromatic nitrogens is 2. The van der Waals surface area contributed by atoms with Crippen LogP contribution in [0.5, 0.6) is 0 Å². The van der Waals surface area contributed by atoms with Crippen molar-refractivity contribution < 1.29 is 9.53 Å². The molecule has 7 nitrogen and oxygen atoms in total. The minimum absolute atomic E-state index is 0.0231. The summed E-state index contributed by atoms with van der Waals surface area (Å²) in [5, 5.41) is 3.29. The van der Waals surface area contributed by atoms with Crippen LogP contribution in [-0.2, 0) is 4.74 Å². The predicted octanol–water partition coefficient (Wildman–Crippen LogP) is 2.68. The Morgan fingerprint density at radius 3 is 2.41 bits per heavy atom. The Labute approximate surface area is 159 Å². The number of carbonyl (C=O) groups is 1. The summed E-state index contributed by atoms with van der Waals surface area (Å²) in [6.45, 7) is 4.85. The van der Waals surface area contributed by atoms with E-state index in [2.05, 4.69) is 26.3 Å². The molecule has 3 heterocycles. The van der Waals surface area contributed by atoms with Crippen LogP contribution in [0.1, 0.15) is 29.6 Å². The third-order valence-corrected chi connectivity index (χ3v) is 5.04. The van der Waals surface area contributed by atoms with Crippen LogP contribution in [0.15, 0.2) is 36.7 Å². The van der Waals surface area contributed by atoms with Crippen molar-refractivity contribution in [2.75, 3.05) is 49.6 Å². The molecule has 0 radical (unpaired) electrons. The summed E-state index contributed by atoms with van der Waals surface area (Å²) < 4.78 is 5.44. The number of piperidine rings is 1. The number of nitrogens with zero attached hydrogens (tertiary/aromatic N) is 4. The Hall–Kier alpha value is -2.67. The topological polar surface area (TPSA) is 70.6 Å². The molecule has 7 heteroatoms. The number of morpholine rings is 1. The Morgan fingerprint density at radius 2 is 1.67 bits per heavy atom. The number of ether oxygens (including phenoxy) is 1. The molecular weight excluding hydrogens is 342 g/mol. The molecule has 1 N–H and O–H groups in total. The fraction of sp³-hybridized carbons (Fsp3) is 0.450. The van der Waals surface area contributed by atoms with Crippen LogP contribution in [0.25, 0.3) is 0 Å². The number of carbonyl (C=O) groups excluding carboxylic acids is 1. The van der Waals surface area contributed by atoms with E-state index in [1.165, 1.54) is 6.42 Å². The van der Waals surface area contributed by atoms with Crippen LogP contribution in [-0.4, -0.2) is 60.2 Å². The van der Waals surface area contributed by atoms with Crippen LogP contribution >= 0.6 is 0 Å². The molecule has 2 aliphatic heterocycles. The molecular formula is C20H25N5O2. The monoisotopic (exact) mass is 367 g/mol. The van der Waals surface area contributed by atoms with Crippen molar-refractivity contribution in [3.63, 3.8) is 0 Å². The summed E-state index contributed by atoms with van der Waals surface area (Å²) in [4.78, 5) is 25.4. The summed E-state index contributed by atoms with van der Waals surface area (Å²) in [6.07, 6.45) is 6.58. The second kappa shape index (κ2) is 8.35. The maximum Gasteiger partial charge on any atom is 0.256 e. The number of anilines is 3. The van der Waals surface area contributed by atoms with Gasteiger partial charge in [0, 0.05) is 38.6 Å². The first-order valence-electron chi connectivity index (χ1n) is 9.61. The normalized spacial score (nSPS) is 17.6. The van der Waals surface area contributed by atoms with E-state index in [0.29, 0.717) is 11.5 Å². The number of nitrogens with one attached hydrogen (secondary N) is 1. The zero-order valence-electron chi connectivity index (χ0n) is 15.4. The summed E-state index contributed by atoms with van der Waals surface area (Å²) in [5.41, 5.74) is 2.61. The molecule has 1 aromatic heterocycles. The standard InChI is InChI=1S/C20H25N5O2/c26-19(25-8-4-1-5-9-25)16-14-21-20(22-15-16)23-17-6-2-3-7-18(17)24-10-12-27-13-11-24/h2-3,6-7,14-15H,1,4-5,8-13H2,(H,21,22,23). The molecule has 2 aromatic rings. The maximum atomic E-state index is 12.5. The fourth-order valence-electron chi connectivity index (χ4n) is 3.56. The summed E-state index contributed by atoms with van der Waals surface area (Å²) in [5.74, 6) is 0.515. The molecule has 0 saturated carbocycles. The van der Waals surface area contributed by atoms with Gasteiger partial charge in [-0.2, -0.15) is 0 Å². The maximum absolute atomic E-state index is 12.5.